The van der Waals surface area contributed by atoms with Crippen molar-refractivity contribution in [3.8, 4) is 11.5 Å². The molecule has 1 aromatic rings. The molecule has 2 saturated heterocycles. The highest BCUT2D eigenvalue weighted by molar-refractivity contribution is 5.87. The van der Waals surface area contributed by atoms with E-state index in [0.29, 0.717) is 26.2 Å². The van der Waals surface area contributed by atoms with E-state index in [1.807, 2.05) is 23.1 Å². The third-order valence-corrected chi connectivity index (χ3v) is 5.50. The molecule has 0 unspecified atom stereocenters. The summed E-state index contributed by atoms with van der Waals surface area (Å²) in [7, 11) is 1.80. The topological polar surface area (TPSA) is 59.1 Å². The molecule has 4 rings (SSSR count). The summed E-state index contributed by atoms with van der Waals surface area (Å²) in [5, 5.41) is 0. The molecule has 0 N–H and O–H groups in total. The van der Waals surface area contributed by atoms with Gasteiger partial charge in [-0.15, -0.1) is 0 Å². The molecular formula is C19H24N2O4. The average Bonchev–Trinajstić information content (AvgIpc) is 3.12. The van der Waals surface area contributed by atoms with Crippen LogP contribution in [0, 0.1) is 5.92 Å². The van der Waals surface area contributed by atoms with Crippen LogP contribution in [-0.2, 0) is 9.59 Å². The van der Waals surface area contributed by atoms with Crippen molar-refractivity contribution in [3.63, 3.8) is 0 Å². The molecule has 2 amide bonds. The van der Waals surface area contributed by atoms with E-state index in [9.17, 15) is 9.59 Å². The minimum Gasteiger partial charge on any atom is -0.486 e. The number of carbonyl (C=O) groups excluding carboxylic acids is 2. The van der Waals surface area contributed by atoms with Crippen LogP contribution < -0.4 is 9.47 Å². The first-order chi connectivity index (χ1) is 12.1. The molecule has 0 bridgehead atoms. The van der Waals surface area contributed by atoms with Gasteiger partial charge in [-0.25, -0.2) is 0 Å². The summed E-state index contributed by atoms with van der Waals surface area (Å²) in [6.07, 6.45) is 3.03. The second kappa shape index (κ2) is 6.58. The Morgan fingerprint density at radius 1 is 1.12 bits per heavy atom. The zero-order valence-electron chi connectivity index (χ0n) is 14.6. The van der Waals surface area contributed by atoms with Crippen molar-refractivity contribution in [3.05, 3.63) is 23.8 Å². The zero-order valence-corrected chi connectivity index (χ0v) is 14.6. The molecule has 6 heteroatoms. The van der Waals surface area contributed by atoms with Crippen LogP contribution in [0.1, 0.15) is 37.3 Å². The second-order valence-electron chi connectivity index (χ2n) is 7.10. The Morgan fingerprint density at radius 3 is 2.72 bits per heavy atom. The van der Waals surface area contributed by atoms with Gasteiger partial charge in [-0.2, -0.15) is 0 Å². The van der Waals surface area contributed by atoms with Crippen LogP contribution in [0.3, 0.4) is 0 Å². The molecule has 2 fully saturated rings. The Hall–Kier alpha value is -2.24. The highest BCUT2D eigenvalue weighted by Gasteiger charge is 2.37. The number of benzene rings is 1. The van der Waals surface area contributed by atoms with Gasteiger partial charge in [0.15, 0.2) is 11.5 Å². The number of rotatable bonds is 2. The van der Waals surface area contributed by atoms with Gasteiger partial charge < -0.3 is 19.3 Å². The fraction of sp³-hybridized carbons (Fsp3) is 0.579. The van der Waals surface area contributed by atoms with Crippen molar-refractivity contribution in [1.29, 1.82) is 0 Å². The number of hydrogen-bond acceptors (Lipinski definition) is 4. The Bertz CT molecular complexity index is 690. The van der Waals surface area contributed by atoms with Crippen molar-refractivity contribution < 1.29 is 19.1 Å². The number of piperidine rings is 1. The van der Waals surface area contributed by atoms with Crippen LogP contribution in [-0.4, -0.2) is 55.0 Å². The maximum Gasteiger partial charge on any atom is 0.226 e. The summed E-state index contributed by atoms with van der Waals surface area (Å²) in [4.78, 5) is 28.7. The number of carbonyl (C=O) groups is 2. The number of fused-ring (bicyclic) bond motifs is 1. The first-order valence-electron chi connectivity index (χ1n) is 9.07. The molecule has 3 aliphatic rings. The van der Waals surface area contributed by atoms with Crippen molar-refractivity contribution in [2.24, 2.45) is 5.92 Å². The molecular weight excluding hydrogens is 320 g/mol. The fourth-order valence-corrected chi connectivity index (χ4v) is 4.03. The van der Waals surface area contributed by atoms with Gasteiger partial charge in [-0.1, -0.05) is 6.07 Å². The van der Waals surface area contributed by atoms with Crippen molar-refractivity contribution in [1.82, 2.24) is 9.80 Å². The monoisotopic (exact) mass is 344 g/mol. The van der Waals surface area contributed by atoms with Gasteiger partial charge in [0.05, 0.1) is 6.04 Å². The minimum absolute atomic E-state index is 0.0677. The SMILES string of the molecule is CN1CC[C@@H](C(=O)N2CCC[C@H]2c2ccc3c(c2)OCCO3)CC1=O. The summed E-state index contributed by atoms with van der Waals surface area (Å²) in [6, 6.07) is 6.04. The van der Waals surface area contributed by atoms with Crippen molar-refractivity contribution in [2.75, 3.05) is 33.4 Å². The van der Waals surface area contributed by atoms with Gasteiger partial charge in [-0.3, -0.25) is 9.59 Å². The van der Waals surface area contributed by atoms with Crippen LogP contribution >= 0.6 is 0 Å². The molecule has 134 valence electrons. The highest BCUT2D eigenvalue weighted by Crippen LogP contribution is 2.39. The lowest BCUT2D eigenvalue weighted by Crippen LogP contribution is -2.43. The van der Waals surface area contributed by atoms with E-state index in [0.717, 1.165) is 42.9 Å². The van der Waals surface area contributed by atoms with E-state index >= 15 is 0 Å². The molecule has 0 saturated carbocycles. The average molecular weight is 344 g/mol. The largest absolute Gasteiger partial charge is 0.486 e. The van der Waals surface area contributed by atoms with Gasteiger partial charge in [0.1, 0.15) is 13.2 Å². The Morgan fingerprint density at radius 2 is 1.92 bits per heavy atom. The van der Waals surface area contributed by atoms with E-state index in [-0.39, 0.29) is 23.8 Å². The Kier molecular flexibility index (Phi) is 4.27. The van der Waals surface area contributed by atoms with E-state index in [1.165, 1.54) is 0 Å². The molecule has 2 atom stereocenters. The Labute approximate surface area is 147 Å². The second-order valence-corrected chi connectivity index (χ2v) is 7.10. The van der Waals surface area contributed by atoms with Gasteiger partial charge >= 0.3 is 0 Å². The lowest BCUT2D eigenvalue weighted by atomic mass is 9.94. The van der Waals surface area contributed by atoms with Gasteiger partial charge in [0.25, 0.3) is 0 Å². The summed E-state index contributed by atoms with van der Waals surface area (Å²) < 4.78 is 11.3. The van der Waals surface area contributed by atoms with E-state index in [1.54, 1.807) is 11.9 Å². The predicted octanol–water partition coefficient (Wildman–Crippen LogP) is 1.99. The standard InChI is InChI=1S/C19H24N2O4/c1-20-8-6-14(12-18(20)22)19(23)21-7-2-3-15(21)13-4-5-16-17(11-13)25-10-9-24-16/h4-5,11,14-15H,2-3,6-10,12H2,1H3/t14-,15+/m1/s1. The third-order valence-electron chi connectivity index (χ3n) is 5.50. The lowest BCUT2D eigenvalue weighted by Gasteiger charge is -2.33. The van der Waals surface area contributed by atoms with Gasteiger partial charge in [0, 0.05) is 32.5 Å². The summed E-state index contributed by atoms with van der Waals surface area (Å²) in [5.74, 6) is 1.55. The lowest BCUT2D eigenvalue weighted by molar-refractivity contribution is -0.145. The van der Waals surface area contributed by atoms with Crippen LogP contribution in [0.25, 0.3) is 0 Å². The maximum absolute atomic E-state index is 13.0. The molecule has 6 nitrogen and oxygen atoms in total. The maximum atomic E-state index is 13.0. The van der Waals surface area contributed by atoms with Crippen LogP contribution in [0.4, 0.5) is 0 Å². The number of amides is 2. The van der Waals surface area contributed by atoms with E-state index < -0.39 is 0 Å². The molecule has 0 aliphatic carbocycles. The smallest absolute Gasteiger partial charge is 0.226 e. The molecule has 0 radical (unpaired) electrons. The molecule has 0 spiro atoms. The third kappa shape index (κ3) is 3.05. The zero-order chi connectivity index (χ0) is 17.4. The summed E-state index contributed by atoms with van der Waals surface area (Å²) in [5.41, 5.74) is 1.09. The first kappa shape index (κ1) is 16.2. The number of likely N-dealkylation sites (tertiary alicyclic amines) is 2. The first-order valence-corrected chi connectivity index (χ1v) is 9.07. The van der Waals surface area contributed by atoms with Gasteiger partial charge in [-0.05, 0) is 37.0 Å². The molecule has 0 aromatic heterocycles. The minimum atomic E-state index is -0.179. The molecule has 3 heterocycles. The number of hydrogen-bond donors (Lipinski definition) is 0. The summed E-state index contributed by atoms with van der Waals surface area (Å²) >= 11 is 0. The van der Waals surface area contributed by atoms with E-state index in [4.69, 9.17) is 9.47 Å². The number of nitrogens with zero attached hydrogens (tertiary/aromatic N) is 2. The molecule has 1 aromatic carbocycles. The normalized spacial score (nSPS) is 26.0. The van der Waals surface area contributed by atoms with Crippen LogP contribution in [0.2, 0.25) is 0 Å². The quantitative estimate of drug-likeness (QED) is 0.823. The van der Waals surface area contributed by atoms with Crippen LogP contribution in [0.5, 0.6) is 11.5 Å². The summed E-state index contributed by atoms with van der Waals surface area (Å²) in [6.45, 7) is 2.56. The Balaban J connectivity index is 1.52. The predicted molar refractivity (Wildman–Crippen MR) is 91.5 cm³/mol. The highest BCUT2D eigenvalue weighted by atomic mass is 16.6. The van der Waals surface area contributed by atoms with Gasteiger partial charge in [0.2, 0.25) is 11.8 Å². The molecule has 25 heavy (non-hydrogen) atoms. The van der Waals surface area contributed by atoms with E-state index in [2.05, 4.69) is 0 Å². The number of ether oxygens (including phenoxy) is 2. The fourth-order valence-electron chi connectivity index (χ4n) is 4.03. The van der Waals surface area contributed by atoms with Crippen LogP contribution in [0.15, 0.2) is 18.2 Å². The molecule has 3 aliphatic heterocycles. The van der Waals surface area contributed by atoms with Crippen molar-refractivity contribution in [2.45, 2.75) is 31.7 Å². The van der Waals surface area contributed by atoms with Crippen molar-refractivity contribution >= 4 is 11.8 Å².